The second-order valence-corrected chi connectivity index (χ2v) is 7.02. The van der Waals surface area contributed by atoms with Gasteiger partial charge in [0.15, 0.2) is 5.82 Å². The Hall–Kier alpha value is -3.56. The van der Waals surface area contributed by atoms with Crippen LogP contribution in [0.5, 0.6) is 0 Å². The zero-order chi connectivity index (χ0) is 22.8. The van der Waals surface area contributed by atoms with E-state index in [0.29, 0.717) is 5.56 Å². The highest BCUT2D eigenvalue weighted by Gasteiger charge is 2.31. The third-order valence-electron chi connectivity index (χ3n) is 4.01. The normalized spacial score (nSPS) is 12.3. The molecule has 0 aliphatic rings. The van der Waals surface area contributed by atoms with Crippen LogP contribution in [0, 0.1) is 12.7 Å². The lowest BCUT2D eigenvalue weighted by Gasteiger charge is -2.11. The van der Waals surface area contributed by atoms with E-state index in [2.05, 4.69) is 15.1 Å². The van der Waals surface area contributed by atoms with Gasteiger partial charge in [-0.3, -0.25) is 4.98 Å². The summed E-state index contributed by atoms with van der Waals surface area (Å²) in [6, 6.07) is 4.59. The molecule has 0 unspecified atom stereocenters. The molecule has 0 radical (unpaired) electrons. The van der Waals surface area contributed by atoms with Gasteiger partial charge in [0.25, 0.3) is 0 Å². The number of hydrogen-bond donors (Lipinski definition) is 0. The van der Waals surface area contributed by atoms with E-state index in [1.54, 1.807) is 13.8 Å². The molecule has 0 amide bonds. The van der Waals surface area contributed by atoms with Crippen molar-refractivity contribution in [3.8, 4) is 11.4 Å². The van der Waals surface area contributed by atoms with Crippen molar-refractivity contribution in [2.45, 2.75) is 33.1 Å². The van der Waals surface area contributed by atoms with Gasteiger partial charge in [0.1, 0.15) is 12.1 Å². The van der Waals surface area contributed by atoms with Gasteiger partial charge in [-0.25, -0.2) is 18.9 Å². The average Bonchev–Trinajstić information content (AvgIpc) is 3.13. The summed E-state index contributed by atoms with van der Waals surface area (Å²) in [7, 11) is 0. The Balaban J connectivity index is 2.02. The number of benzene rings is 1. The Morgan fingerprint density at radius 3 is 2.55 bits per heavy atom. The molecule has 0 aliphatic carbocycles. The Labute approximate surface area is 175 Å². The van der Waals surface area contributed by atoms with Gasteiger partial charge in [0.05, 0.1) is 23.4 Å². The first kappa shape index (κ1) is 22.1. The van der Waals surface area contributed by atoms with E-state index < -0.39 is 29.6 Å². The van der Waals surface area contributed by atoms with E-state index in [0.717, 1.165) is 29.1 Å². The highest BCUT2D eigenvalue weighted by Crippen LogP contribution is 2.32. The molecule has 0 saturated carbocycles. The predicted octanol–water partition coefficient (Wildman–Crippen LogP) is 4.76. The van der Waals surface area contributed by atoms with Gasteiger partial charge in [-0.1, -0.05) is 0 Å². The Morgan fingerprint density at radius 2 is 1.90 bits per heavy atom. The van der Waals surface area contributed by atoms with Crippen LogP contribution in [0.2, 0.25) is 0 Å². The molecule has 10 heteroatoms. The predicted molar refractivity (Wildman–Crippen MR) is 105 cm³/mol. The van der Waals surface area contributed by atoms with E-state index in [9.17, 15) is 22.4 Å². The van der Waals surface area contributed by atoms with Crippen molar-refractivity contribution in [2.24, 2.45) is 0 Å². The van der Waals surface area contributed by atoms with Crippen molar-refractivity contribution in [3.05, 3.63) is 65.5 Å². The molecule has 0 fully saturated rings. The zero-order valence-electron chi connectivity index (χ0n) is 16.8. The standard InChI is InChI=1S/C21H18F4N4O2/c1-12(2)31-20(30)18(15-7-17(22)9-26-8-15)10-29-11-27-19(28-29)14-4-13(3)5-16(6-14)21(23,24)25/h4-12H,1-3H3/b18-10+. The molecule has 0 spiro atoms. The molecule has 162 valence electrons. The second kappa shape index (κ2) is 8.66. The highest BCUT2D eigenvalue weighted by atomic mass is 19.4. The fourth-order valence-electron chi connectivity index (χ4n) is 2.76. The van der Waals surface area contributed by atoms with Crippen LogP contribution in [0.15, 0.2) is 43.0 Å². The number of esters is 1. The summed E-state index contributed by atoms with van der Waals surface area (Å²) >= 11 is 0. The molecular formula is C21H18F4N4O2. The van der Waals surface area contributed by atoms with Gasteiger partial charge in [-0.05, 0) is 50.6 Å². The molecule has 3 aromatic rings. The minimum Gasteiger partial charge on any atom is -0.459 e. The molecule has 0 bridgehead atoms. The van der Waals surface area contributed by atoms with Crippen molar-refractivity contribution in [3.63, 3.8) is 0 Å². The van der Waals surface area contributed by atoms with Gasteiger partial charge in [-0.15, -0.1) is 5.10 Å². The number of ether oxygens (including phenoxy) is 1. The van der Waals surface area contributed by atoms with Crippen LogP contribution >= 0.6 is 0 Å². The molecule has 31 heavy (non-hydrogen) atoms. The first-order valence-corrected chi connectivity index (χ1v) is 9.17. The largest absolute Gasteiger partial charge is 0.459 e. The molecule has 0 atom stereocenters. The number of carbonyl (C=O) groups is 1. The molecule has 0 saturated heterocycles. The molecule has 0 aliphatic heterocycles. The van der Waals surface area contributed by atoms with Gasteiger partial charge >= 0.3 is 12.1 Å². The van der Waals surface area contributed by atoms with E-state index in [1.807, 2.05) is 0 Å². The van der Waals surface area contributed by atoms with Crippen LogP contribution in [0.4, 0.5) is 17.6 Å². The van der Waals surface area contributed by atoms with Crippen molar-refractivity contribution in [1.82, 2.24) is 19.7 Å². The zero-order valence-corrected chi connectivity index (χ0v) is 16.8. The molecular weight excluding hydrogens is 416 g/mol. The number of aryl methyl sites for hydroxylation is 1. The summed E-state index contributed by atoms with van der Waals surface area (Å²) in [5, 5.41) is 4.13. The van der Waals surface area contributed by atoms with Crippen LogP contribution in [0.3, 0.4) is 0 Å². The van der Waals surface area contributed by atoms with Crippen molar-refractivity contribution >= 4 is 17.7 Å². The maximum Gasteiger partial charge on any atom is 0.416 e. The number of alkyl halides is 3. The van der Waals surface area contributed by atoms with Gasteiger partial charge < -0.3 is 4.74 Å². The molecule has 2 heterocycles. The third kappa shape index (κ3) is 5.53. The van der Waals surface area contributed by atoms with E-state index in [1.165, 1.54) is 31.7 Å². The molecule has 3 rings (SSSR count). The fourth-order valence-corrected chi connectivity index (χ4v) is 2.76. The van der Waals surface area contributed by atoms with Crippen LogP contribution < -0.4 is 0 Å². The summed E-state index contributed by atoms with van der Waals surface area (Å²) in [6.45, 7) is 4.85. The molecule has 6 nitrogen and oxygen atoms in total. The maximum atomic E-state index is 13.6. The number of aromatic nitrogens is 4. The first-order chi connectivity index (χ1) is 14.5. The van der Waals surface area contributed by atoms with Gasteiger partial charge in [0.2, 0.25) is 0 Å². The van der Waals surface area contributed by atoms with E-state index >= 15 is 0 Å². The quantitative estimate of drug-likeness (QED) is 0.329. The molecule has 1 aromatic carbocycles. The summed E-state index contributed by atoms with van der Waals surface area (Å²) in [6.07, 6.45) is -0.209. The van der Waals surface area contributed by atoms with E-state index in [-0.39, 0.29) is 22.5 Å². The van der Waals surface area contributed by atoms with Crippen molar-refractivity contribution in [1.29, 1.82) is 0 Å². The fraction of sp³-hybridized carbons (Fsp3) is 0.238. The third-order valence-corrected chi connectivity index (χ3v) is 4.01. The lowest BCUT2D eigenvalue weighted by Crippen LogP contribution is -2.14. The number of nitrogens with zero attached hydrogens (tertiary/aromatic N) is 4. The maximum absolute atomic E-state index is 13.6. The highest BCUT2D eigenvalue weighted by molar-refractivity contribution is 6.20. The topological polar surface area (TPSA) is 69.9 Å². The Bertz CT molecular complexity index is 1140. The lowest BCUT2D eigenvalue weighted by atomic mass is 10.1. The monoisotopic (exact) mass is 434 g/mol. The number of halogens is 4. The first-order valence-electron chi connectivity index (χ1n) is 9.17. The van der Waals surface area contributed by atoms with Crippen molar-refractivity contribution < 1.29 is 27.1 Å². The minimum absolute atomic E-state index is 0.0272. The van der Waals surface area contributed by atoms with Gasteiger partial charge in [-0.2, -0.15) is 13.2 Å². The van der Waals surface area contributed by atoms with Crippen LogP contribution in [0.25, 0.3) is 23.2 Å². The summed E-state index contributed by atoms with van der Waals surface area (Å²) in [4.78, 5) is 20.3. The average molecular weight is 434 g/mol. The smallest absolute Gasteiger partial charge is 0.416 e. The lowest BCUT2D eigenvalue weighted by molar-refractivity contribution is -0.140. The summed E-state index contributed by atoms with van der Waals surface area (Å²) in [5.41, 5.74) is -0.154. The molecule has 2 aromatic heterocycles. The summed E-state index contributed by atoms with van der Waals surface area (Å²) < 4.78 is 59.3. The minimum atomic E-state index is -4.51. The van der Waals surface area contributed by atoms with E-state index in [4.69, 9.17) is 4.74 Å². The number of carbonyl (C=O) groups excluding carboxylic acids is 1. The SMILES string of the molecule is Cc1cc(-c2ncn(/C=C(/C(=O)OC(C)C)c3cncc(F)c3)n2)cc(C(F)(F)F)c1. The van der Waals surface area contributed by atoms with Crippen LogP contribution in [0.1, 0.15) is 30.5 Å². The Kier molecular flexibility index (Phi) is 6.19. The number of rotatable bonds is 5. The van der Waals surface area contributed by atoms with Crippen molar-refractivity contribution in [2.75, 3.05) is 0 Å². The van der Waals surface area contributed by atoms with Crippen LogP contribution in [-0.2, 0) is 15.7 Å². The second-order valence-electron chi connectivity index (χ2n) is 7.02. The number of pyridine rings is 1. The molecule has 0 N–H and O–H groups in total. The van der Waals surface area contributed by atoms with Crippen LogP contribution in [-0.4, -0.2) is 31.8 Å². The Morgan fingerprint density at radius 1 is 1.16 bits per heavy atom. The van der Waals surface area contributed by atoms with Gasteiger partial charge in [0, 0.05) is 23.5 Å². The number of hydrogen-bond acceptors (Lipinski definition) is 5. The summed E-state index contributed by atoms with van der Waals surface area (Å²) in [5.74, 6) is -1.37.